The van der Waals surface area contributed by atoms with Crippen LogP contribution in [0.25, 0.3) is 0 Å². The molecule has 0 aliphatic carbocycles. The second-order valence-corrected chi connectivity index (χ2v) is 4.32. The van der Waals surface area contributed by atoms with Crippen molar-refractivity contribution >= 4 is 28.7 Å². The molecule has 0 aliphatic rings. The number of nitrogens with two attached hydrogens (primary N) is 1. The van der Waals surface area contributed by atoms with E-state index in [0.29, 0.717) is 22.0 Å². The minimum atomic E-state index is -0.675. The number of aryl methyl sites for hydroxylation is 1. The summed E-state index contributed by atoms with van der Waals surface area (Å²) in [6.07, 6.45) is 0. The van der Waals surface area contributed by atoms with Crippen LogP contribution in [0.5, 0.6) is 0 Å². The summed E-state index contributed by atoms with van der Waals surface area (Å²) in [6.45, 7) is 1.56. The molecule has 0 radical (unpaired) electrons. The van der Waals surface area contributed by atoms with Gasteiger partial charge >= 0.3 is 0 Å². The van der Waals surface area contributed by atoms with Gasteiger partial charge in [-0.15, -0.1) is 0 Å². The molecule has 94 valence electrons. The van der Waals surface area contributed by atoms with E-state index in [1.54, 1.807) is 19.1 Å². The van der Waals surface area contributed by atoms with E-state index in [0.717, 1.165) is 0 Å². The number of hydrogen-bond donors (Lipinski definition) is 2. The van der Waals surface area contributed by atoms with Gasteiger partial charge in [-0.25, -0.2) is 8.78 Å². The Kier molecular flexibility index (Phi) is 3.39. The highest BCUT2D eigenvalue weighted by atomic mass is 35.5. The van der Waals surface area contributed by atoms with Gasteiger partial charge in [0.25, 0.3) is 0 Å². The number of anilines is 3. The summed E-state index contributed by atoms with van der Waals surface area (Å²) in [5.41, 5.74) is 6.56. The van der Waals surface area contributed by atoms with E-state index in [-0.39, 0.29) is 5.69 Å². The van der Waals surface area contributed by atoms with Gasteiger partial charge in [-0.2, -0.15) is 0 Å². The first kappa shape index (κ1) is 12.6. The molecule has 2 aromatic carbocycles. The first-order valence-electron chi connectivity index (χ1n) is 5.25. The normalized spacial score (nSPS) is 10.4. The van der Waals surface area contributed by atoms with Crippen molar-refractivity contribution in [2.75, 3.05) is 11.1 Å². The third-order valence-corrected chi connectivity index (χ3v) is 2.85. The molecule has 0 bridgehead atoms. The van der Waals surface area contributed by atoms with Gasteiger partial charge in [-0.1, -0.05) is 17.7 Å². The van der Waals surface area contributed by atoms with Crippen molar-refractivity contribution in [1.29, 1.82) is 0 Å². The summed E-state index contributed by atoms with van der Waals surface area (Å²) >= 11 is 5.94. The van der Waals surface area contributed by atoms with Gasteiger partial charge in [0.15, 0.2) is 5.82 Å². The molecule has 0 spiro atoms. The minimum Gasteiger partial charge on any atom is -0.399 e. The van der Waals surface area contributed by atoms with Gasteiger partial charge in [0.05, 0.1) is 10.7 Å². The van der Waals surface area contributed by atoms with Crippen molar-refractivity contribution in [2.45, 2.75) is 6.92 Å². The Morgan fingerprint density at radius 3 is 2.56 bits per heavy atom. The average molecular weight is 269 g/mol. The highest BCUT2D eigenvalue weighted by molar-refractivity contribution is 6.33. The standard InChI is InChI=1S/C13H11ClF2N2/c1-7-2-4-10(15)13(12(7)16)18-11-5-3-8(17)6-9(11)14/h2-6,18H,17H2,1H3. The van der Waals surface area contributed by atoms with Crippen LogP contribution in [-0.4, -0.2) is 0 Å². The van der Waals surface area contributed by atoms with Crippen molar-refractivity contribution in [1.82, 2.24) is 0 Å². The third-order valence-electron chi connectivity index (χ3n) is 2.54. The summed E-state index contributed by atoms with van der Waals surface area (Å²) in [5.74, 6) is -1.31. The maximum Gasteiger partial charge on any atom is 0.152 e. The topological polar surface area (TPSA) is 38.0 Å². The first-order valence-corrected chi connectivity index (χ1v) is 5.63. The zero-order valence-electron chi connectivity index (χ0n) is 9.60. The predicted molar refractivity (Wildman–Crippen MR) is 70.2 cm³/mol. The summed E-state index contributed by atoms with van der Waals surface area (Å²) in [5, 5.41) is 2.94. The van der Waals surface area contributed by atoms with Gasteiger partial charge < -0.3 is 11.1 Å². The van der Waals surface area contributed by atoms with Crippen LogP contribution in [0.15, 0.2) is 30.3 Å². The molecule has 0 atom stereocenters. The van der Waals surface area contributed by atoms with Crippen LogP contribution in [0.2, 0.25) is 5.02 Å². The number of hydrogen-bond acceptors (Lipinski definition) is 2. The Bertz CT molecular complexity index is 600. The zero-order chi connectivity index (χ0) is 13.3. The molecular formula is C13H11ClF2N2. The molecule has 0 aliphatic heterocycles. The van der Waals surface area contributed by atoms with Crippen LogP contribution in [0.4, 0.5) is 25.8 Å². The lowest BCUT2D eigenvalue weighted by molar-refractivity contribution is 0.585. The molecule has 2 rings (SSSR count). The van der Waals surface area contributed by atoms with Crippen molar-refractivity contribution in [3.8, 4) is 0 Å². The average Bonchev–Trinajstić information content (AvgIpc) is 2.32. The number of nitrogen functional groups attached to an aromatic ring is 1. The molecule has 0 saturated heterocycles. The Morgan fingerprint density at radius 1 is 1.17 bits per heavy atom. The SMILES string of the molecule is Cc1ccc(F)c(Nc2ccc(N)cc2Cl)c1F. The van der Waals surface area contributed by atoms with E-state index in [2.05, 4.69) is 5.32 Å². The lowest BCUT2D eigenvalue weighted by Crippen LogP contribution is -2.00. The van der Waals surface area contributed by atoms with E-state index >= 15 is 0 Å². The fourth-order valence-electron chi connectivity index (χ4n) is 1.54. The molecule has 18 heavy (non-hydrogen) atoms. The Balaban J connectivity index is 2.43. The summed E-state index contributed by atoms with van der Waals surface area (Å²) in [6, 6.07) is 7.25. The molecule has 0 heterocycles. The van der Waals surface area contributed by atoms with Crippen LogP contribution in [0.3, 0.4) is 0 Å². The number of nitrogens with one attached hydrogen (secondary N) is 1. The molecule has 2 nitrogen and oxygen atoms in total. The first-order chi connectivity index (χ1) is 8.49. The van der Waals surface area contributed by atoms with Gasteiger partial charge in [-0.05, 0) is 36.8 Å². The number of halogens is 3. The second kappa shape index (κ2) is 4.82. The lowest BCUT2D eigenvalue weighted by atomic mass is 10.2. The predicted octanol–water partition coefficient (Wildman–Crippen LogP) is 4.25. The Morgan fingerprint density at radius 2 is 1.89 bits per heavy atom. The molecule has 0 fully saturated rings. The molecule has 2 aromatic rings. The van der Waals surface area contributed by atoms with Crippen LogP contribution in [-0.2, 0) is 0 Å². The van der Waals surface area contributed by atoms with Crippen molar-refractivity contribution < 1.29 is 8.78 Å². The Hall–Kier alpha value is -1.81. The van der Waals surface area contributed by atoms with Gasteiger partial charge in [-0.3, -0.25) is 0 Å². The molecule has 0 aromatic heterocycles. The van der Waals surface area contributed by atoms with Crippen LogP contribution < -0.4 is 11.1 Å². The fourth-order valence-corrected chi connectivity index (χ4v) is 1.77. The molecular weight excluding hydrogens is 258 g/mol. The summed E-state index contributed by atoms with van der Waals surface area (Å²) in [7, 11) is 0. The Labute approximate surface area is 108 Å². The van der Waals surface area contributed by atoms with E-state index in [9.17, 15) is 8.78 Å². The zero-order valence-corrected chi connectivity index (χ0v) is 10.4. The monoisotopic (exact) mass is 268 g/mol. The third kappa shape index (κ3) is 2.38. The van der Waals surface area contributed by atoms with Crippen LogP contribution in [0.1, 0.15) is 5.56 Å². The lowest BCUT2D eigenvalue weighted by Gasteiger charge is -2.12. The van der Waals surface area contributed by atoms with E-state index in [1.807, 2.05) is 0 Å². The maximum atomic E-state index is 13.8. The van der Waals surface area contributed by atoms with E-state index in [1.165, 1.54) is 18.2 Å². The van der Waals surface area contributed by atoms with Crippen molar-refractivity contribution in [3.63, 3.8) is 0 Å². The van der Waals surface area contributed by atoms with Crippen LogP contribution >= 0.6 is 11.6 Å². The van der Waals surface area contributed by atoms with Crippen molar-refractivity contribution in [2.24, 2.45) is 0 Å². The number of benzene rings is 2. The largest absolute Gasteiger partial charge is 0.399 e. The highest BCUT2D eigenvalue weighted by Gasteiger charge is 2.12. The summed E-state index contributed by atoms with van der Waals surface area (Å²) in [4.78, 5) is 0. The molecule has 0 saturated carbocycles. The van der Waals surface area contributed by atoms with Crippen LogP contribution in [0, 0.1) is 18.6 Å². The smallest absolute Gasteiger partial charge is 0.152 e. The van der Waals surface area contributed by atoms with E-state index < -0.39 is 11.6 Å². The number of rotatable bonds is 2. The fraction of sp³-hybridized carbons (Fsp3) is 0.0769. The molecule has 0 amide bonds. The molecule has 0 unspecified atom stereocenters. The van der Waals surface area contributed by atoms with E-state index in [4.69, 9.17) is 17.3 Å². The van der Waals surface area contributed by atoms with Gasteiger partial charge in [0.1, 0.15) is 11.5 Å². The van der Waals surface area contributed by atoms with Crippen molar-refractivity contribution in [3.05, 3.63) is 52.6 Å². The second-order valence-electron chi connectivity index (χ2n) is 3.92. The maximum absolute atomic E-state index is 13.8. The van der Waals surface area contributed by atoms with Gasteiger partial charge in [0, 0.05) is 5.69 Å². The quantitative estimate of drug-likeness (QED) is 0.799. The summed E-state index contributed by atoms with van der Waals surface area (Å²) < 4.78 is 27.3. The highest BCUT2D eigenvalue weighted by Crippen LogP contribution is 2.30. The molecule has 3 N–H and O–H groups in total. The molecule has 5 heteroatoms. The van der Waals surface area contributed by atoms with Gasteiger partial charge in [0.2, 0.25) is 0 Å². The minimum absolute atomic E-state index is 0.221.